The highest BCUT2D eigenvalue weighted by Crippen LogP contribution is 2.25. The molecule has 0 aromatic heterocycles. The Labute approximate surface area is 110 Å². The minimum Gasteiger partial charge on any atom is -0.373 e. The van der Waals surface area contributed by atoms with E-state index >= 15 is 0 Å². The quantitative estimate of drug-likeness (QED) is 0.752. The first-order valence-electron chi connectivity index (χ1n) is 7.28. The van der Waals surface area contributed by atoms with Gasteiger partial charge in [0, 0.05) is 19.2 Å². The smallest absolute Gasteiger partial charge is 0.224 e. The molecule has 1 aliphatic heterocycles. The van der Waals surface area contributed by atoms with E-state index in [0.29, 0.717) is 6.54 Å². The Kier molecular flexibility index (Phi) is 4.62. The Morgan fingerprint density at radius 3 is 2.83 bits per heavy atom. The van der Waals surface area contributed by atoms with Crippen LogP contribution < -0.4 is 11.1 Å². The Morgan fingerprint density at radius 2 is 2.11 bits per heavy atom. The van der Waals surface area contributed by atoms with Gasteiger partial charge in [-0.15, -0.1) is 0 Å². The van der Waals surface area contributed by atoms with Gasteiger partial charge in [0.2, 0.25) is 5.91 Å². The van der Waals surface area contributed by atoms with E-state index in [1.165, 1.54) is 6.42 Å². The monoisotopic (exact) mass is 254 g/mol. The SMILES string of the molecule is CC1(CNC(=O)C2CCCCCC2N)CCCO1. The molecule has 1 aliphatic carbocycles. The molecule has 1 saturated carbocycles. The summed E-state index contributed by atoms with van der Waals surface area (Å²) in [6.07, 6.45) is 7.53. The van der Waals surface area contributed by atoms with E-state index in [-0.39, 0.29) is 23.5 Å². The fourth-order valence-electron chi connectivity index (χ4n) is 3.04. The van der Waals surface area contributed by atoms with Crippen LogP contribution in [0.15, 0.2) is 0 Å². The zero-order chi connectivity index (χ0) is 13.0. The number of rotatable bonds is 3. The molecule has 104 valence electrons. The lowest BCUT2D eigenvalue weighted by Crippen LogP contribution is -2.46. The van der Waals surface area contributed by atoms with Crippen LogP contribution in [-0.4, -0.2) is 30.7 Å². The molecule has 3 unspecified atom stereocenters. The number of amides is 1. The molecule has 0 aromatic rings. The van der Waals surface area contributed by atoms with Crippen LogP contribution in [0.4, 0.5) is 0 Å². The molecule has 2 fully saturated rings. The van der Waals surface area contributed by atoms with Gasteiger partial charge in [0.25, 0.3) is 0 Å². The van der Waals surface area contributed by atoms with Gasteiger partial charge in [0.15, 0.2) is 0 Å². The number of ether oxygens (including phenoxy) is 1. The lowest BCUT2D eigenvalue weighted by Gasteiger charge is -2.26. The molecule has 2 rings (SSSR count). The van der Waals surface area contributed by atoms with Crippen molar-refractivity contribution in [3.63, 3.8) is 0 Å². The third kappa shape index (κ3) is 3.45. The summed E-state index contributed by atoms with van der Waals surface area (Å²) in [6.45, 7) is 3.51. The maximum atomic E-state index is 12.2. The number of nitrogens with two attached hydrogens (primary N) is 1. The molecule has 1 saturated heterocycles. The van der Waals surface area contributed by atoms with Crippen LogP contribution in [0.1, 0.15) is 51.9 Å². The molecule has 3 atom stereocenters. The van der Waals surface area contributed by atoms with Crippen LogP contribution in [0, 0.1) is 5.92 Å². The Bertz CT molecular complexity index is 288. The average molecular weight is 254 g/mol. The van der Waals surface area contributed by atoms with Crippen molar-refractivity contribution in [2.75, 3.05) is 13.2 Å². The molecule has 0 radical (unpaired) electrons. The maximum absolute atomic E-state index is 12.2. The van der Waals surface area contributed by atoms with Crippen LogP contribution in [0.3, 0.4) is 0 Å². The summed E-state index contributed by atoms with van der Waals surface area (Å²) in [5, 5.41) is 3.05. The van der Waals surface area contributed by atoms with Gasteiger partial charge in [-0.2, -0.15) is 0 Å². The van der Waals surface area contributed by atoms with Crippen molar-refractivity contribution in [3.8, 4) is 0 Å². The third-order valence-corrected chi connectivity index (χ3v) is 4.34. The molecule has 0 spiro atoms. The van der Waals surface area contributed by atoms with Crippen molar-refractivity contribution in [2.24, 2.45) is 11.7 Å². The summed E-state index contributed by atoms with van der Waals surface area (Å²) in [4.78, 5) is 12.2. The molecule has 0 aromatic carbocycles. The zero-order valence-corrected chi connectivity index (χ0v) is 11.4. The highest BCUT2D eigenvalue weighted by Gasteiger charge is 2.32. The average Bonchev–Trinajstić information content (AvgIpc) is 2.66. The van der Waals surface area contributed by atoms with Crippen molar-refractivity contribution in [1.29, 1.82) is 0 Å². The number of hydrogen-bond acceptors (Lipinski definition) is 3. The van der Waals surface area contributed by atoms with Gasteiger partial charge in [-0.25, -0.2) is 0 Å². The number of nitrogens with one attached hydrogen (secondary N) is 1. The van der Waals surface area contributed by atoms with Gasteiger partial charge >= 0.3 is 0 Å². The van der Waals surface area contributed by atoms with E-state index in [9.17, 15) is 4.79 Å². The first kappa shape index (κ1) is 13.8. The second kappa shape index (κ2) is 6.02. The van der Waals surface area contributed by atoms with Crippen LogP contribution >= 0.6 is 0 Å². The fourth-order valence-corrected chi connectivity index (χ4v) is 3.04. The summed E-state index contributed by atoms with van der Waals surface area (Å²) in [7, 11) is 0. The Hall–Kier alpha value is -0.610. The lowest BCUT2D eigenvalue weighted by atomic mass is 9.94. The first-order chi connectivity index (χ1) is 8.61. The predicted octanol–water partition coefficient (Wildman–Crippen LogP) is 1.58. The molecular weight excluding hydrogens is 228 g/mol. The fraction of sp³-hybridized carbons (Fsp3) is 0.929. The molecule has 0 bridgehead atoms. The minimum absolute atomic E-state index is 0.00231. The van der Waals surface area contributed by atoms with Gasteiger partial charge in [-0.1, -0.05) is 19.3 Å². The van der Waals surface area contributed by atoms with Crippen molar-refractivity contribution in [2.45, 2.75) is 63.5 Å². The second-order valence-electron chi connectivity index (χ2n) is 6.03. The highest BCUT2D eigenvalue weighted by atomic mass is 16.5. The molecule has 4 nitrogen and oxygen atoms in total. The molecule has 4 heteroatoms. The van der Waals surface area contributed by atoms with E-state index in [2.05, 4.69) is 12.2 Å². The van der Waals surface area contributed by atoms with E-state index in [1.807, 2.05) is 0 Å². The minimum atomic E-state index is -0.162. The Balaban J connectivity index is 1.82. The molecule has 1 amide bonds. The van der Waals surface area contributed by atoms with Gasteiger partial charge in [0.1, 0.15) is 0 Å². The molecular formula is C14H26N2O2. The standard InChI is InChI=1S/C14H26N2O2/c1-14(8-5-9-18-14)10-16-13(17)11-6-3-2-4-7-12(11)15/h11-12H,2-10,15H2,1H3,(H,16,17). The lowest BCUT2D eigenvalue weighted by molar-refractivity contribution is -0.127. The molecule has 18 heavy (non-hydrogen) atoms. The maximum Gasteiger partial charge on any atom is 0.224 e. The molecule has 1 heterocycles. The summed E-state index contributed by atoms with van der Waals surface area (Å²) in [5.74, 6) is 0.124. The summed E-state index contributed by atoms with van der Waals surface area (Å²) < 4.78 is 5.68. The first-order valence-corrected chi connectivity index (χ1v) is 7.28. The van der Waals surface area contributed by atoms with Crippen LogP contribution in [-0.2, 0) is 9.53 Å². The molecule has 3 N–H and O–H groups in total. The van der Waals surface area contributed by atoms with Crippen molar-refractivity contribution < 1.29 is 9.53 Å². The van der Waals surface area contributed by atoms with E-state index in [1.54, 1.807) is 0 Å². The topological polar surface area (TPSA) is 64.4 Å². The van der Waals surface area contributed by atoms with Crippen molar-refractivity contribution in [3.05, 3.63) is 0 Å². The van der Waals surface area contributed by atoms with Crippen LogP contribution in [0.5, 0.6) is 0 Å². The summed E-state index contributed by atoms with van der Waals surface area (Å²) in [6, 6.07) is 0.0322. The Morgan fingerprint density at radius 1 is 1.33 bits per heavy atom. The van der Waals surface area contributed by atoms with Crippen LogP contribution in [0.25, 0.3) is 0 Å². The van der Waals surface area contributed by atoms with E-state index in [4.69, 9.17) is 10.5 Å². The highest BCUT2D eigenvalue weighted by molar-refractivity contribution is 5.79. The number of carbonyl (C=O) groups is 1. The van der Waals surface area contributed by atoms with E-state index < -0.39 is 0 Å². The zero-order valence-electron chi connectivity index (χ0n) is 11.4. The summed E-state index contributed by atoms with van der Waals surface area (Å²) >= 11 is 0. The number of carbonyl (C=O) groups excluding carboxylic acids is 1. The van der Waals surface area contributed by atoms with Crippen molar-refractivity contribution >= 4 is 5.91 Å². The predicted molar refractivity (Wildman–Crippen MR) is 71.2 cm³/mol. The van der Waals surface area contributed by atoms with Gasteiger partial charge in [-0.3, -0.25) is 4.79 Å². The normalized spacial score (nSPS) is 37.2. The molecule has 2 aliphatic rings. The van der Waals surface area contributed by atoms with E-state index in [0.717, 1.165) is 45.1 Å². The second-order valence-corrected chi connectivity index (χ2v) is 6.03. The number of hydrogen-bond donors (Lipinski definition) is 2. The van der Waals surface area contributed by atoms with Gasteiger partial charge in [0.05, 0.1) is 11.5 Å². The van der Waals surface area contributed by atoms with Gasteiger partial charge < -0.3 is 15.8 Å². The van der Waals surface area contributed by atoms with Gasteiger partial charge in [-0.05, 0) is 32.6 Å². The summed E-state index contributed by atoms with van der Waals surface area (Å²) in [5.41, 5.74) is 5.94. The van der Waals surface area contributed by atoms with Crippen LogP contribution in [0.2, 0.25) is 0 Å². The largest absolute Gasteiger partial charge is 0.373 e. The van der Waals surface area contributed by atoms with Crippen molar-refractivity contribution in [1.82, 2.24) is 5.32 Å². The third-order valence-electron chi connectivity index (χ3n) is 4.34.